The van der Waals surface area contributed by atoms with Gasteiger partial charge < -0.3 is 14.8 Å². The van der Waals surface area contributed by atoms with Gasteiger partial charge in [-0.25, -0.2) is 0 Å². The van der Waals surface area contributed by atoms with Crippen molar-refractivity contribution in [3.63, 3.8) is 0 Å². The molecule has 4 nitrogen and oxygen atoms in total. The Morgan fingerprint density at radius 2 is 1.95 bits per heavy atom. The number of ether oxygens (including phenoxy) is 2. The summed E-state index contributed by atoms with van der Waals surface area (Å²) in [5, 5.41) is 3.43. The quantitative estimate of drug-likeness (QED) is 0.919. The highest BCUT2D eigenvalue weighted by Crippen LogP contribution is 2.17. The molecule has 0 bridgehead atoms. The first kappa shape index (κ1) is 14.3. The molecular formula is C14H18ClNO3. The van der Waals surface area contributed by atoms with Gasteiger partial charge in [-0.05, 0) is 24.1 Å². The Hall–Kier alpha value is -1.10. The average molecular weight is 284 g/mol. The first-order chi connectivity index (χ1) is 9.13. The topological polar surface area (TPSA) is 47.6 Å². The zero-order chi connectivity index (χ0) is 13.7. The highest BCUT2D eigenvalue weighted by atomic mass is 35.5. The van der Waals surface area contributed by atoms with Crippen molar-refractivity contribution in [2.75, 3.05) is 19.8 Å². The standard InChI is InChI=1S/C14H18ClNO3/c1-10(17)16-7-14-18-8-12(9-19-14)6-11-2-4-13(15)5-3-11/h2-5,12,14H,6-9H2,1H3,(H,16,17). The lowest BCUT2D eigenvalue weighted by Crippen LogP contribution is -2.40. The second kappa shape index (κ2) is 6.89. The number of rotatable bonds is 4. The Kier molecular flexibility index (Phi) is 5.19. The van der Waals surface area contributed by atoms with Crippen molar-refractivity contribution in [2.45, 2.75) is 19.6 Å². The van der Waals surface area contributed by atoms with Gasteiger partial charge in [-0.2, -0.15) is 0 Å². The van der Waals surface area contributed by atoms with E-state index in [1.54, 1.807) is 0 Å². The first-order valence-corrected chi connectivity index (χ1v) is 6.73. The fourth-order valence-corrected chi connectivity index (χ4v) is 2.13. The maximum absolute atomic E-state index is 10.8. The highest BCUT2D eigenvalue weighted by molar-refractivity contribution is 6.30. The molecule has 104 valence electrons. The van der Waals surface area contributed by atoms with Crippen LogP contribution >= 0.6 is 11.6 Å². The van der Waals surface area contributed by atoms with Crippen molar-refractivity contribution >= 4 is 17.5 Å². The van der Waals surface area contributed by atoms with Gasteiger partial charge in [-0.15, -0.1) is 0 Å². The molecule has 1 aromatic rings. The van der Waals surface area contributed by atoms with Crippen LogP contribution in [0.2, 0.25) is 5.02 Å². The zero-order valence-corrected chi connectivity index (χ0v) is 11.7. The molecule has 1 N–H and O–H groups in total. The molecule has 1 aliphatic heterocycles. The smallest absolute Gasteiger partial charge is 0.217 e. The van der Waals surface area contributed by atoms with E-state index < -0.39 is 0 Å². The van der Waals surface area contributed by atoms with Crippen LogP contribution in [0.25, 0.3) is 0 Å². The van der Waals surface area contributed by atoms with Gasteiger partial charge in [0.15, 0.2) is 6.29 Å². The van der Waals surface area contributed by atoms with Crippen molar-refractivity contribution in [1.29, 1.82) is 0 Å². The summed E-state index contributed by atoms with van der Waals surface area (Å²) in [5.74, 6) is 0.269. The third-order valence-corrected chi connectivity index (χ3v) is 3.24. The van der Waals surface area contributed by atoms with Crippen LogP contribution in [-0.2, 0) is 20.7 Å². The van der Waals surface area contributed by atoms with Crippen molar-refractivity contribution in [2.24, 2.45) is 5.92 Å². The number of carbonyl (C=O) groups is 1. The molecule has 0 aromatic heterocycles. The van der Waals surface area contributed by atoms with Crippen molar-refractivity contribution in [3.05, 3.63) is 34.9 Å². The van der Waals surface area contributed by atoms with Gasteiger partial charge in [0, 0.05) is 17.9 Å². The number of amides is 1. The van der Waals surface area contributed by atoms with Crippen LogP contribution in [0.4, 0.5) is 0 Å². The van der Waals surface area contributed by atoms with Crippen LogP contribution in [-0.4, -0.2) is 32.0 Å². The lowest BCUT2D eigenvalue weighted by molar-refractivity contribution is -0.197. The first-order valence-electron chi connectivity index (χ1n) is 6.35. The van der Waals surface area contributed by atoms with Crippen LogP contribution in [0.1, 0.15) is 12.5 Å². The van der Waals surface area contributed by atoms with E-state index in [9.17, 15) is 4.79 Å². The van der Waals surface area contributed by atoms with E-state index in [1.807, 2.05) is 24.3 Å². The molecule has 5 heteroatoms. The second-order valence-electron chi connectivity index (χ2n) is 4.73. The summed E-state index contributed by atoms with van der Waals surface area (Å²) < 4.78 is 11.1. The Bertz CT molecular complexity index is 413. The third-order valence-electron chi connectivity index (χ3n) is 2.99. The number of halogens is 1. The molecule has 1 fully saturated rings. The highest BCUT2D eigenvalue weighted by Gasteiger charge is 2.22. The van der Waals surface area contributed by atoms with E-state index >= 15 is 0 Å². The minimum Gasteiger partial charge on any atom is -0.351 e. The maximum atomic E-state index is 10.8. The SMILES string of the molecule is CC(=O)NCC1OCC(Cc2ccc(Cl)cc2)CO1. The minimum atomic E-state index is -0.328. The molecule has 0 radical (unpaired) electrons. The number of hydrogen-bond donors (Lipinski definition) is 1. The van der Waals surface area contributed by atoms with Gasteiger partial charge in [-0.1, -0.05) is 23.7 Å². The van der Waals surface area contributed by atoms with Gasteiger partial charge >= 0.3 is 0 Å². The molecular weight excluding hydrogens is 266 g/mol. The normalized spacial score (nSPS) is 23.1. The zero-order valence-electron chi connectivity index (χ0n) is 10.9. The number of carbonyl (C=O) groups excluding carboxylic acids is 1. The molecule has 0 unspecified atom stereocenters. The van der Waals surface area contributed by atoms with Gasteiger partial charge in [0.05, 0.1) is 19.8 Å². The van der Waals surface area contributed by atoms with E-state index in [0.29, 0.717) is 25.7 Å². The molecule has 1 saturated heterocycles. The van der Waals surface area contributed by atoms with Gasteiger partial charge in [0.2, 0.25) is 5.91 Å². The molecule has 0 atom stereocenters. The lowest BCUT2D eigenvalue weighted by atomic mass is 10.0. The summed E-state index contributed by atoms with van der Waals surface area (Å²) in [6.07, 6.45) is 0.578. The Morgan fingerprint density at radius 3 is 2.53 bits per heavy atom. The lowest BCUT2D eigenvalue weighted by Gasteiger charge is -2.29. The Labute approximate surface area is 118 Å². The van der Waals surface area contributed by atoms with Gasteiger partial charge in [0.25, 0.3) is 0 Å². The molecule has 0 saturated carbocycles. The molecule has 2 rings (SSSR count). The fraction of sp³-hybridized carbons (Fsp3) is 0.500. The monoisotopic (exact) mass is 283 g/mol. The van der Waals surface area contributed by atoms with Crippen LogP contribution in [0.5, 0.6) is 0 Å². The minimum absolute atomic E-state index is 0.0736. The van der Waals surface area contributed by atoms with E-state index in [-0.39, 0.29) is 12.2 Å². The molecule has 0 spiro atoms. The van der Waals surface area contributed by atoms with E-state index in [1.165, 1.54) is 12.5 Å². The number of benzene rings is 1. The predicted molar refractivity (Wildman–Crippen MR) is 73.0 cm³/mol. The third kappa shape index (κ3) is 4.82. The van der Waals surface area contributed by atoms with E-state index in [4.69, 9.17) is 21.1 Å². The van der Waals surface area contributed by atoms with Gasteiger partial charge in [0.1, 0.15) is 0 Å². The molecule has 19 heavy (non-hydrogen) atoms. The van der Waals surface area contributed by atoms with Gasteiger partial charge in [-0.3, -0.25) is 4.79 Å². The summed E-state index contributed by atoms with van der Waals surface area (Å²) in [7, 11) is 0. The van der Waals surface area contributed by atoms with Crippen LogP contribution in [0, 0.1) is 5.92 Å². The van der Waals surface area contributed by atoms with Crippen LogP contribution in [0.15, 0.2) is 24.3 Å². The Balaban J connectivity index is 1.74. The van der Waals surface area contributed by atoms with Crippen molar-refractivity contribution in [3.8, 4) is 0 Å². The largest absolute Gasteiger partial charge is 0.351 e. The molecule has 1 aliphatic rings. The number of hydrogen-bond acceptors (Lipinski definition) is 3. The summed E-state index contributed by atoms with van der Waals surface area (Å²) in [6, 6.07) is 7.82. The molecule has 1 aromatic carbocycles. The molecule has 0 aliphatic carbocycles. The molecule has 1 amide bonds. The summed E-state index contributed by atoms with van der Waals surface area (Å²) in [5.41, 5.74) is 1.22. The number of nitrogens with one attached hydrogen (secondary N) is 1. The fourth-order valence-electron chi connectivity index (χ4n) is 2.00. The average Bonchev–Trinajstić information content (AvgIpc) is 2.40. The summed E-state index contributed by atoms with van der Waals surface area (Å²) >= 11 is 5.85. The van der Waals surface area contributed by atoms with Crippen molar-refractivity contribution < 1.29 is 14.3 Å². The van der Waals surface area contributed by atoms with Crippen LogP contribution in [0.3, 0.4) is 0 Å². The van der Waals surface area contributed by atoms with E-state index in [2.05, 4.69) is 5.32 Å². The molecule has 1 heterocycles. The summed E-state index contributed by atoms with van der Waals surface area (Å²) in [6.45, 7) is 3.18. The Morgan fingerprint density at radius 1 is 1.32 bits per heavy atom. The van der Waals surface area contributed by atoms with Crippen molar-refractivity contribution in [1.82, 2.24) is 5.32 Å². The van der Waals surface area contributed by atoms with Crippen LogP contribution < -0.4 is 5.32 Å². The maximum Gasteiger partial charge on any atom is 0.217 e. The predicted octanol–water partition coefficient (Wildman–Crippen LogP) is 2.01. The second-order valence-corrected chi connectivity index (χ2v) is 5.17. The summed E-state index contributed by atoms with van der Waals surface area (Å²) in [4.78, 5) is 10.8. The van der Waals surface area contributed by atoms with E-state index in [0.717, 1.165) is 11.4 Å².